The van der Waals surface area contributed by atoms with E-state index in [2.05, 4.69) is 38.1 Å². The zero-order valence-corrected chi connectivity index (χ0v) is 14.3. The summed E-state index contributed by atoms with van der Waals surface area (Å²) >= 11 is 0. The fourth-order valence-electron chi connectivity index (χ4n) is 3.16. The summed E-state index contributed by atoms with van der Waals surface area (Å²) < 4.78 is 5.44. The average molecular weight is 331 g/mol. The van der Waals surface area contributed by atoms with Crippen molar-refractivity contribution in [2.75, 3.05) is 0 Å². The Morgan fingerprint density at radius 3 is 2.25 bits per heavy atom. The fraction of sp³-hybridized carbons (Fsp3) is 0.579. The van der Waals surface area contributed by atoms with Crippen LogP contribution in [-0.4, -0.2) is 40.1 Å². The van der Waals surface area contributed by atoms with Gasteiger partial charge in [0.2, 0.25) is 0 Å². The molecule has 1 amide bonds. The predicted octanol–water partition coefficient (Wildman–Crippen LogP) is 2.93. The van der Waals surface area contributed by atoms with Crippen LogP contribution >= 0.6 is 0 Å². The molecule has 2 atom stereocenters. The van der Waals surface area contributed by atoms with E-state index in [-0.39, 0.29) is 11.9 Å². The first kappa shape index (κ1) is 17.0. The van der Waals surface area contributed by atoms with Crippen molar-refractivity contribution in [2.45, 2.75) is 70.2 Å². The molecule has 0 radical (unpaired) electrons. The van der Waals surface area contributed by atoms with Crippen molar-refractivity contribution in [3.63, 3.8) is 0 Å². The van der Waals surface area contributed by atoms with Gasteiger partial charge in [0.1, 0.15) is 6.10 Å². The van der Waals surface area contributed by atoms with Crippen molar-refractivity contribution in [1.29, 1.82) is 0 Å². The predicted molar refractivity (Wildman–Crippen MR) is 89.6 cm³/mol. The summed E-state index contributed by atoms with van der Waals surface area (Å²) in [6.07, 6.45) is 1.49. The number of ether oxygens (including phenoxy) is 1. The van der Waals surface area contributed by atoms with Crippen LogP contribution in [0, 0.1) is 0 Å². The molecule has 0 bridgehead atoms. The number of aliphatic carboxylic acids is 1. The number of rotatable bonds is 6. The highest BCUT2D eigenvalue weighted by molar-refractivity contribution is 5.83. The van der Waals surface area contributed by atoms with E-state index < -0.39 is 18.2 Å². The summed E-state index contributed by atoms with van der Waals surface area (Å²) in [6, 6.07) is 8.65. The molecule has 24 heavy (non-hydrogen) atoms. The third-order valence-electron chi connectivity index (χ3n) is 4.84. The van der Waals surface area contributed by atoms with Crippen molar-refractivity contribution in [3.8, 4) is 0 Å². The lowest BCUT2D eigenvalue weighted by Gasteiger charge is -2.25. The van der Waals surface area contributed by atoms with Gasteiger partial charge < -0.3 is 14.7 Å². The maximum atomic E-state index is 12.8. The summed E-state index contributed by atoms with van der Waals surface area (Å²) in [5.74, 6) is -0.554. The Balaban J connectivity index is 1.66. The van der Waals surface area contributed by atoms with E-state index in [1.807, 2.05) is 4.90 Å². The highest BCUT2D eigenvalue weighted by Crippen LogP contribution is 2.32. The molecular formula is C19H25NO4. The fourth-order valence-corrected chi connectivity index (χ4v) is 3.16. The standard InChI is InChI=1S/C19H25NO4/c1-12(2)14-5-3-13(4-6-14)11-20(15-7-8-15)18(21)16-9-10-17(24-16)19(22)23/h3-6,12,15-17H,7-11H2,1-2H3,(H,22,23)/t16-,17+/m0/s1. The van der Waals surface area contributed by atoms with E-state index in [1.54, 1.807) is 0 Å². The van der Waals surface area contributed by atoms with Gasteiger partial charge in [-0.3, -0.25) is 4.79 Å². The highest BCUT2D eigenvalue weighted by Gasteiger charge is 2.41. The molecular weight excluding hydrogens is 306 g/mol. The quantitative estimate of drug-likeness (QED) is 0.870. The number of hydrogen-bond acceptors (Lipinski definition) is 3. The summed E-state index contributed by atoms with van der Waals surface area (Å²) in [7, 11) is 0. The van der Waals surface area contributed by atoms with Gasteiger partial charge in [0.05, 0.1) is 0 Å². The number of amides is 1. The molecule has 0 unspecified atom stereocenters. The molecule has 130 valence electrons. The van der Waals surface area contributed by atoms with Crippen LogP contribution < -0.4 is 0 Å². The Bertz CT molecular complexity index is 606. The first-order valence-corrected chi connectivity index (χ1v) is 8.73. The lowest BCUT2D eigenvalue weighted by atomic mass is 10.0. The van der Waals surface area contributed by atoms with Crippen molar-refractivity contribution >= 4 is 11.9 Å². The Morgan fingerprint density at radius 1 is 1.12 bits per heavy atom. The van der Waals surface area contributed by atoms with Gasteiger partial charge in [-0.05, 0) is 42.7 Å². The Hall–Kier alpha value is -1.88. The van der Waals surface area contributed by atoms with Crippen LogP contribution in [-0.2, 0) is 20.9 Å². The number of nitrogens with zero attached hydrogens (tertiary/aromatic N) is 1. The van der Waals surface area contributed by atoms with Gasteiger partial charge >= 0.3 is 5.97 Å². The third kappa shape index (κ3) is 3.78. The van der Waals surface area contributed by atoms with Crippen LogP contribution in [0.4, 0.5) is 0 Å². The molecule has 5 nitrogen and oxygen atoms in total. The Labute approximate surface area is 142 Å². The van der Waals surface area contributed by atoms with Gasteiger partial charge in [-0.25, -0.2) is 4.79 Å². The molecule has 1 heterocycles. The van der Waals surface area contributed by atoms with Gasteiger partial charge in [0.25, 0.3) is 5.91 Å². The number of carboxylic acids is 1. The molecule has 1 aromatic rings. The van der Waals surface area contributed by atoms with Crippen LogP contribution in [0.25, 0.3) is 0 Å². The van der Waals surface area contributed by atoms with Crippen LogP contribution in [0.3, 0.4) is 0 Å². The average Bonchev–Trinajstić information content (AvgIpc) is 3.27. The van der Waals surface area contributed by atoms with Crippen LogP contribution in [0.1, 0.15) is 56.6 Å². The lowest BCUT2D eigenvalue weighted by molar-refractivity contribution is -0.155. The molecule has 0 spiro atoms. The largest absolute Gasteiger partial charge is 0.479 e. The molecule has 1 aliphatic carbocycles. The van der Waals surface area contributed by atoms with Gasteiger partial charge in [0.15, 0.2) is 6.10 Å². The SMILES string of the molecule is CC(C)c1ccc(CN(C(=O)[C@@H]2CC[C@H](C(=O)O)O2)C2CC2)cc1. The number of carbonyl (C=O) groups excluding carboxylic acids is 1. The molecule has 1 saturated carbocycles. The second-order valence-corrected chi connectivity index (χ2v) is 7.12. The van der Waals surface area contributed by atoms with E-state index in [0.29, 0.717) is 25.3 Å². The third-order valence-corrected chi connectivity index (χ3v) is 4.84. The van der Waals surface area contributed by atoms with Crippen molar-refractivity contribution < 1.29 is 19.4 Å². The number of carbonyl (C=O) groups is 2. The minimum atomic E-state index is -0.979. The number of hydrogen-bond donors (Lipinski definition) is 1. The maximum absolute atomic E-state index is 12.8. The topological polar surface area (TPSA) is 66.8 Å². The van der Waals surface area contributed by atoms with E-state index in [4.69, 9.17) is 9.84 Å². The van der Waals surface area contributed by atoms with E-state index in [0.717, 1.165) is 18.4 Å². The van der Waals surface area contributed by atoms with Crippen molar-refractivity contribution in [2.24, 2.45) is 0 Å². The van der Waals surface area contributed by atoms with Gasteiger partial charge in [-0.2, -0.15) is 0 Å². The summed E-state index contributed by atoms with van der Waals surface area (Å²) in [6.45, 7) is 4.89. The van der Waals surface area contributed by atoms with Gasteiger partial charge in [-0.15, -0.1) is 0 Å². The number of carboxylic acid groups (broad SMARTS) is 1. The maximum Gasteiger partial charge on any atom is 0.332 e. The molecule has 1 aliphatic heterocycles. The summed E-state index contributed by atoms with van der Waals surface area (Å²) in [5.41, 5.74) is 2.39. The van der Waals surface area contributed by atoms with Crippen LogP contribution in [0.5, 0.6) is 0 Å². The minimum Gasteiger partial charge on any atom is -0.479 e. The van der Waals surface area contributed by atoms with E-state index >= 15 is 0 Å². The molecule has 0 aromatic heterocycles. The Kier molecular flexibility index (Phi) is 4.90. The monoisotopic (exact) mass is 331 g/mol. The molecule has 1 aromatic carbocycles. The second kappa shape index (κ2) is 6.93. The molecule has 1 N–H and O–H groups in total. The normalized spacial score (nSPS) is 23.5. The molecule has 2 fully saturated rings. The molecule has 2 aliphatic rings. The first-order chi connectivity index (χ1) is 11.5. The second-order valence-electron chi connectivity index (χ2n) is 7.12. The van der Waals surface area contributed by atoms with Gasteiger partial charge in [-0.1, -0.05) is 38.1 Å². The lowest BCUT2D eigenvalue weighted by Crippen LogP contribution is -2.40. The molecule has 1 saturated heterocycles. The zero-order chi connectivity index (χ0) is 17.3. The van der Waals surface area contributed by atoms with Crippen LogP contribution in [0.15, 0.2) is 24.3 Å². The van der Waals surface area contributed by atoms with E-state index in [9.17, 15) is 9.59 Å². The Morgan fingerprint density at radius 2 is 1.75 bits per heavy atom. The molecule has 5 heteroatoms. The first-order valence-electron chi connectivity index (χ1n) is 8.73. The summed E-state index contributed by atoms with van der Waals surface area (Å²) in [5, 5.41) is 9.03. The van der Waals surface area contributed by atoms with Crippen molar-refractivity contribution in [3.05, 3.63) is 35.4 Å². The van der Waals surface area contributed by atoms with E-state index in [1.165, 1.54) is 5.56 Å². The summed E-state index contributed by atoms with van der Waals surface area (Å²) in [4.78, 5) is 25.7. The highest BCUT2D eigenvalue weighted by atomic mass is 16.5. The van der Waals surface area contributed by atoms with Gasteiger partial charge in [0, 0.05) is 12.6 Å². The smallest absolute Gasteiger partial charge is 0.332 e. The number of benzene rings is 1. The van der Waals surface area contributed by atoms with Crippen molar-refractivity contribution in [1.82, 2.24) is 4.90 Å². The minimum absolute atomic E-state index is 0.0609. The van der Waals surface area contributed by atoms with Crippen LogP contribution in [0.2, 0.25) is 0 Å². The zero-order valence-electron chi connectivity index (χ0n) is 14.3. The molecule has 3 rings (SSSR count).